The third kappa shape index (κ3) is 2.61. The highest BCUT2D eigenvalue weighted by molar-refractivity contribution is 5.93. The van der Waals surface area contributed by atoms with Crippen LogP contribution in [0.25, 0.3) is 5.65 Å². The van der Waals surface area contributed by atoms with Crippen molar-refractivity contribution in [3.05, 3.63) is 35.8 Å². The number of carboxylic acids is 1. The zero-order chi connectivity index (χ0) is 15.0. The summed E-state index contributed by atoms with van der Waals surface area (Å²) in [5.41, 5.74) is 1.49. The Morgan fingerprint density at radius 3 is 2.86 bits per heavy atom. The number of fused-ring (bicyclic) bond motifs is 1. The molecule has 2 aromatic heterocycles. The zero-order valence-electron chi connectivity index (χ0n) is 11.8. The number of rotatable bonds is 4. The lowest BCUT2D eigenvalue weighted by atomic mass is 9.74. The Morgan fingerprint density at radius 1 is 1.48 bits per heavy atom. The number of aliphatic carboxylic acids is 1. The van der Waals surface area contributed by atoms with E-state index in [-0.39, 0.29) is 12.3 Å². The van der Waals surface area contributed by atoms with Crippen LogP contribution < -0.4 is 5.32 Å². The summed E-state index contributed by atoms with van der Waals surface area (Å²) in [4.78, 5) is 27.5. The molecule has 110 valence electrons. The topological polar surface area (TPSA) is 83.7 Å². The highest BCUT2D eigenvalue weighted by Gasteiger charge is 2.40. The van der Waals surface area contributed by atoms with E-state index in [0.29, 0.717) is 24.2 Å². The van der Waals surface area contributed by atoms with Crippen molar-refractivity contribution in [2.24, 2.45) is 0 Å². The van der Waals surface area contributed by atoms with E-state index in [2.05, 4.69) is 10.3 Å². The van der Waals surface area contributed by atoms with Gasteiger partial charge in [0.2, 0.25) is 0 Å². The fourth-order valence-corrected chi connectivity index (χ4v) is 2.74. The first-order valence-electron chi connectivity index (χ1n) is 6.97. The van der Waals surface area contributed by atoms with Crippen molar-refractivity contribution in [1.29, 1.82) is 0 Å². The van der Waals surface area contributed by atoms with Gasteiger partial charge in [0.25, 0.3) is 5.91 Å². The van der Waals surface area contributed by atoms with Gasteiger partial charge < -0.3 is 14.8 Å². The lowest BCUT2D eigenvalue weighted by molar-refractivity contribution is -0.139. The molecule has 0 aliphatic heterocycles. The van der Waals surface area contributed by atoms with E-state index >= 15 is 0 Å². The van der Waals surface area contributed by atoms with Crippen LogP contribution in [0.5, 0.6) is 0 Å². The van der Waals surface area contributed by atoms with Gasteiger partial charge in [-0.25, -0.2) is 4.98 Å². The summed E-state index contributed by atoms with van der Waals surface area (Å²) in [6.45, 7) is 1.96. The monoisotopic (exact) mass is 287 g/mol. The lowest BCUT2D eigenvalue weighted by Crippen LogP contribution is -2.54. The maximum absolute atomic E-state index is 12.3. The first kappa shape index (κ1) is 13.6. The Hall–Kier alpha value is -2.37. The van der Waals surface area contributed by atoms with E-state index in [0.717, 1.165) is 12.0 Å². The maximum atomic E-state index is 12.3. The fourth-order valence-electron chi connectivity index (χ4n) is 2.74. The molecule has 6 heteroatoms. The summed E-state index contributed by atoms with van der Waals surface area (Å²) in [6, 6.07) is 3.83. The van der Waals surface area contributed by atoms with Crippen LogP contribution in [0.2, 0.25) is 0 Å². The molecule has 1 fully saturated rings. The van der Waals surface area contributed by atoms with Crippen LogP contribution in [0.1, 0.15) is 41.7 Å². The van der Waals surface area contributed by atoms with Gasteiger partial charge in [-0.1, -0.05) is 0 Å². The molecule has 2 aromatic rings. The van der Waals surface area contributed by atoms with Gasteiger partial charge in [0, 0.05) is 12.4 Å². The highest BCUT2D eigenvalue weighted by Crippen LogP contribution is 2.35. The molecule has 2 heterocycles. The van der Waals surface area contributed by atoms with Crippen molar-refractivity contribution < 1.29 is 14.7 Å². The van der Waals surface area contributed by atoms with Crippen LogP contribution in [-0.4, -0.2) is 31.9 Å². The molecule has 0 saturated heterocycles. The molecule has 0 bridgehead atoms. The van der Waals surface area contributed by atoms with Gasteiger partial charge in [0.1, 0.15) is 11.3 Å². The number of nitrogens with zero attached hydrogens (tertiary/aromatic N) is 2. The third-order valence-corrected chi connectivity index (χ3v) is 4.03. The van der Waals surface area contributed by atoms with Gasteiger partial charge in [-0.05, 0) is 43.9 Å². The van der Waals surface area contributed by atoms with E-state index in [1.54, 1.807) is 10.6 Å². The minimum atomic E-state index is -0.888. The average Bonchev–Trinajstić information content (AvgIpc) is 2.78. The summed E-state index contributed by atoms with van der Waals surface area (Å²) in [5, 5.41) is 11.8. The minimum absolute atomic E-state index is 0.0365. The molecule has 6 nitrogen and oxygen atoms in total. The molecule has 0 unspecified atom stereocenters. The average molecular weight is 287 g/mol. The van der Waals surface area contributed by atoms with Crippen LogP contribution in [0.15, 0.2) is 24.5 Å². The van der Waals surface area contributed by atoms with Crippen LogP contribution in [0, 0.1) is 6.92 Å². The van der Waals surface area contributed by atoms with Crippen molar-refractivity contribution in [1.82, 2.24) is 14.7 Å². The van der Waals surface area contributed by atoms with Crippen molar-refractivity contribution in [2.75, 3.05) is 0 Å². The Morgan fingerprint density at radius 2 is 2.24 bits per heavy atom. The highest BCUT2D eigenvalue weighted by atomic mass is 16.4. The SMILES string of the molecule is Cc1ccn2cc(C(=O)NC3(CC(=O)O)CCC3)nc2c1. The number of aromatic nitrogens is 2. The van der Waals surface area contributed by atoms with Crippen molar-refractivity contribution in [3.63, 3.8) is 0 Å². The van der Waals surface area contributed by atoms with E-state index in [1.165, 1.54) is 0 Å². The molecule has 21 heavy (non-hydrogen) atoms. The number of hydrogen-bond donors (Lipinski definition) is 2. The third-order valence-electron chi connectivity index (χ3n) is 4.03. The van der Waals surface area contributed by atoms with E-state index in [1.807, 2.05) is 25.3 Å². The molecule has 3 rings (SSSR count). The standard InChI is InChI=1S/C15H17N3O3/c1-10-3-6-18-9-11(16-12(18)7-10)14(21)17-15(4-2-5-15)8-13(19)20/h3,6-7,9H,2,4-5,8H2,1H3,(H,17,21)(H,19,20). The second-order valence-electron chi connectivity index (χ2n) is 5.75. The summed E-state index contributed by atoms with van der Waals surface area (Å²) < 4.78 is 1.78. The number of pyridine rings is 1. The predicted octanol–water partition coefficient (Wildman–Crippen LogP) is 1.77. The number of imidazole rings is 1. The molecule has 2 N–H and O–H groups in total. The van der Waals surface area contributed by atoms with E-state index in [4.69, 9.17) is 5.11 Å². The molecule has 0 atom stereocenters. The van der Waals surface area contributed by atoms with Gasteiger partial charge in [-0.15, -0.1) is 0 Å². The smallest absolute Gasteiger partial charge is 0.305 e. The first-order chi connectivity index (χ1) is 9.97. The van der Waals surface area contributed by atoms with Crippen LogP contribution >= 0.6 is 0 Å². The molecular formula is C15H17N3O3. The van der Waals surface area contributed by atoms with Crippen molar-refractivity contribution >= 4 is 17.5 Å². The van der Waals surface area contributed by atoms with Crippen molar-refractivity contribution in [2.45, 2.75) is 38.1 Å². The van der Waals surface area contributed by atoms with Crippen molar-refractivity contribution in [3.8, 4) is 0 Å². The number of carbonyl (C=O) groups is 2. The number of hydrogen-bond acceptors (Lipinski definition) is 3. The summed E-state index contributed by atoms with van der Waals surface area (Å²) in [6.07, 6.45) is 5.83. The second kappa shape index (κ2) is 4.87. The Labute approximate surface area is 121 Å². The normalized spacial score (nSPS) is 16.4. The molecule has 1 amide bonds. The predicted molar refractivity (Wildman–Crippen MR) is 76.2 cm³/mol. The quantitative estimate of drug-likeness (QED) is 0.897. The summed E-state index contributed by atoms with van der Waals surface area (Å²) in [7, 11) is 0. The molecule has 1 saturated carbocycles. The van der Waals surface area contributed by atoms with E-state index < -0.39 is 11.5 Å². The maximum Gasteiger partial charge on any atom is 0.305 e. The number of aryl methyl sites for hydroxylation is 1. The van der Waals surface area contributed by atoms with Gasteiger partial charge in [0.05, 0.1) is 12.0 Å². The summed E-state index contributed by atoms with van der Waals surface area (Å²) in [5.74, 6) is -1.20. The molecule has 0 radical (unpaired) electrons. The summed E-state index contributed by atoms with van der Waals surface area (Å²) >= 11 is 0. The Bertz CT molecular complexity index is 716. The van der Waals surface area contributed by atoms with Gasteiger partial charge in [-0.3, -0.25) is 9.59 Å². The van der Waals surface area contributed by atoms with E-state index in [9.17, 15) is 9.59 Å². The molecule has 0 aromatic carbocycles. The van der Waals surface area contributed by atoms with Crippen LogP contribution in [-0.2, 0) is 4.79 Å². The Balaban J connectivity index is 1.81. The van der Waals surface area contributed by atoms with Crippen LogP contribution in [0.3, 0.4) is 0 Å². The number of carboxylic acid groups (broad SMARTS) is 1. The molecule has 0 spiro atoms. The van der Waals surface area contributed by atoms with Gasteiger partial charge >= 0.3 is 5.97 Å². The molecular weight excluding hydrogens is 270 g/mol. The van der Waals surface area contributed by atoms with Crippen LogP contribution in [0.4, 0.5) is 0 Å². The first-order valence-corrected chi connectivity index (χ1v) is 6.97. The number of amides is 1. The fraction of sp³-hybridized carbons (Fsp3) is 0.400. The largest absolute Gasteiger partial charge is 0.481 e. The lowest BCUT2D eigenvalue weighted by Gasteiger charge is -2.41. The molecule has 1 aliphatic rings. The molecule has 1 aliphatic carbocycles. The van der Waals surface area contributed by atoms with Gasteiger partial charge in [0.15, 0.2) is 0 Å². The number of carbonyl (C=O) groups excluding carboxylic acids is 1. The minimum Gasteiger partial charge on any atom is -0.481 e. The number of nitrogens with one attached hydrogen (secondary N) is 1. The second-order valence-corrected chi connectivity index (χ2v) is 5.75. The Kier molecular flexibility index (Phi) is 3.16. The zero-order valence-corrected chi connectivity index (χ0v) is 11.8. The van der Waals surface area contributed by atoms with Gasteiger partial charge in [-0.2, -0.15) is 0 Å².